The van der Waals surface area contributed by atoms with Crippen molar-refractivity contribution in [3.8, 4) is 11.5 Å². The molecule has 0 atom stereocenters. The van der Waals surface area contributed by atoms with Crippen LogP contribution in [0.2, 0.25) is 0 Å². The highest BCUT2D eigenvalue weighted by molar-refractivity contribution is 14.0. The molecule has 2 aliphatic rings. The van der Waals surface area contributed by atoms with Crippen LogP contribution in [0.3, 0.4) is 0 Å². The number of ether oxygens (including phenoxy) is 3. The SMILES string of the molecule is CCNC(=NCc1cccc(CN2CCOCC2)c1)NCCc1ccc2c(c1)OCO2.I. The van der Waals surface area contributed by atoms with E-state index in [0.29, 0.717) is 13.3 Å². The van der Waals surface area contributed by atoms with Crippen LogP contribution in [-0.4, -0.2) is 57.0 Å². The predicted molar refractivity (Wildman–Crippen MR) is 137 cm³/mol. The molecule has 2 N–H and O–H groups in total. The third kappa shape index (κ3) is 7.25. The van der Waals surface area contributed by atoms with Crippen molar-refractivity contribution in [2.75, 3.05) is 46.2 Å². The lowest BCUT2D eigenvalue weighted by molar-refractivity contribution is 0.0342. The zero-order chi connectivity index (χ0) is 21.3. The predicted octanol–water partition coefficient (Wildman–Crippen LogP) is 3.16. The van der Waals surface area contributed by atoms with Gasteiger partial charge >= 0.3 is 0 Å². The summed E-state index contributed by atoms with van der Waals surface area (Å²) in [4.78, 5) is 7.21. The summed E-state index contributed by atoms with van der Waals surface area (Å²) in [7, 11) is 0. The summed E-state index contributed by atoms with van der Waals surface area (Å²) >= 11 is 0. The number of hydrogen-bond acceptors (Lipinski definition) is 5. The summed E-state index contributed by atoms with van der Waals surface area (Å²) in [6.07, 6.45) is 0.885. The van der Waals surface area contributed by atoms with Crippen molar-refractivity contribution in [2.45, 2.75) is 26.4 Å². The molecule has 2 aromatic rings. The standard InChI is InChI=1S/C24H32N4O3.HI/c1-2-25-24(26-9-8-19-6-7-22-23(15-19)31-18-30-22)27-16-20-4-3-5-21(14-20)17-28-10-12-29-13-11-28;/h3-7,14-15H,2,8-13,16-18H2,1H3,(H2,25,26,27);1H. The summed E-state index contributed by atoms with van der Waals surface area (Å²) in [5.74, 6) is 2.49. The second-order valence-corrected chi connectivity index (χ2v) is 7.77. The minimum Gasteiger partial charge on any atom is -0.454 e. The molecule has 7 nitrogen and oxygen atoms in total. The van der Waals surface area contributed by atoms with E-state index in [9.17, 15) is 0 Å². The number of nitrogens with one attached hydrogen (secondary N) is 2. The van der Waals surface area contributed by atoms with Crippen molar-refractivity contribution in [1.82, 2.24) is 15.5 Å². The van der Waals surface area contributed by atoms with E-state index in [1.54, 1.807) is 0 Å². The van der Waals surface area contributed by atoms with Gasteiger partial charge in [-0.3, -0.25) is 4.90 Å². The average molecular weight is 552 g/mol. The van der Waals surface area contributed by atoms with Crippen LogP contribution in [0.25, 0.3) is 0 Å². The minimum absolute atomic E-state index is 0. The van der Waals surface area contributed by atoms with Gasteiger partial charge in [0, 0.05) is 32.7 Å². The second-order valence-electron chi connectivity index (χ2n) is 7.77. The molecule has 1 saturated heterocycles. The molecule has 8 heteroatoms. The van der Waals surface area contributed by atoms with E-state index >= 15 is 0 Å². The fourth-order valence-electron chi connectivity index (χ4n) is 3.78. The molecule has 2 aromatic carbocycles. The fourth-order valence-corrected chi connectivity index (χ4v) is 3.78. The summed E-state index contributed by atoms with van der Waals surface area (Å²) in [5, 5.41) is 6.77. The lowest BCUT2D eigenvalue weighted by Crippen LogP contribution is -2.38. The zero-order valence-electron chi connectivity index (χ0n) is 18.6. The van der Waals surface area contributed by atoms with Gasteiger partial charge in [-0.25, -0.2) is 4.99 Å². The molecule has 0 aromatic heterocycles. The van der Waals surface area contributed by atoms with E-state index in [0.717, 1.165) is 69.8 Å². The van der Waals surface area contributed by atoms with Gasteiger partial charge in [-0.05, 0) is 42.2 Å². The first-order valence-corrected chi connectivity index (χ1v) is 11.1. The monoisotopic (exact) mass is 552 g/mol. The Morgan fingerprint density at radius 1 is 0.969 bits per heavy atom. The maximum atomic E-state index is 5.46. The van der Waals surface area contributed by atoms with E-state index in [1.807, 2.05) is 12.1 Å². The molecule has 0 saturated carbocycles. The molecule has 2 aliphatic heterocycles. The van der Waals surface area contributed by atoms with Gasteiger partial charge in [-0.1, -0.05) is 30.3 Å². The summed E-state index contributed by atoms with van der Waals surface area (Å²) in [5.41, 5.74) is 3.76. The molecule has 4 rings (SSSR count). The van der Waals surface area contributed by atoms with Crippen molar-refractivity contribution in [3.05, 3.63) is 59.2 Å². The first-order chi connectivity index (χ1) is 15.3. The number of guanidine groups is 1. The molecule has 0 amide bonds. The Morgan fingerprint density at radius 3 is 2.62 bits per heavy atom. The molecule has 32 heavy (non-hydrogen) atoms. The van der Waals surface area contributed by atoms with Gasteiger partial charge in [0.05, 0.1) is 19.8 Å². The fraction of sp³-hybridized carbons (Fsp3) is 0.458. The Labute approximate surface area is 207 Å². The first kappa shape index (κ1) is 24.6. The first-order valence-electron chi connectivity index (χ1n) is 11.1. The van der Waals surface area contributed by atoms with E-state index in [4.69, 9.17) is 19.2 Å². The molecular formula is C24H33IN4O3. The normalized spacial score (nSPS) is 15.8. The molecule has 0 aliphatic carbocycles. The third-order valence-electron chi connectivity index (χ3n) is 5.41. The molecular weight excluding hydrogens is 519 g/mol. The lowest BCUT2D eigenvalue weighted by atomic mass is 10.1. The summed E-state index contributed by atoms with van der Waals surface area (Å²) < 4.78 is 16.3. The van der Waals surface area contributed by atoms with Gasteiger partial charge in [-0.15, -0.1) is 24.0 Å². The van der Waals surface area contributed by atoms with E-state index < -0.39 is 0 Å². The molecule has 1 fully saturated rings. The number of rotatable bonds is 8. The molecule has 0 spiro atoms. The van der Waals surface area contributed by atoms with E-state index in [1.165, 1.54) is 16.7 Å². The number of nitrogens with zero attached hydrogens (tertiary/aromatic N) is 2. The Hall–Kier alpha value is -2.04. The highest BCUT2D eigenvalue weighted by Gasteiger charge is 2.13. The number of aliphatic imine (C=N–C) groups is 1. The van der Waals surface area contributed by atoms with Crippen LogP contribution in [-0.2, 0) is 24.2 Å². The number of benzene rings is 2. The van der Waals surface area contributed by atoms with Crippen molar-refractivity contribution in [2.24, 2.45) is 4.99 Å². The van der Waals surface area contributed by atoms with E-state index in [-0.39, 0.29) is 24.0 Å². The van der Waals surface area contributed by atoms with Gasteiger partial charge in [-0.2, -0.15) is 0 Å². The van der Waals surface area contributed by atoms with Gasteiger partial charge in [0.25, 0.3) is 0 Å². The Balaban J connectivity index is 0.00000289. The van der Waals surface area contributed by atoms with Crippen LogP contribution in [0.5, 0.6) is 11.5 Å². The van der Waals surface area contributed by atoms with Crippen LogP contribution in [0.15, 0.2) is 47.5 Å². The topological polar surface area (TPSA) is 67.4 Å². The largest absolute Gasteiger partial charge is 0.454 e. The van der Waals surface area contributed by atoms with Crippen molar-refractivity contribution in [3.63, 3.8) is 0 Å². The lowest BCUT2D eigenvalue weighted by Gasteiger charge is -2.26. The Morgan fingerprint density at radius 2 is 1.78 bits per heavy atom. The maximum absolute atomic E-state index is 5.46. The van der Waals surface area contributed by atoms with Crippen LogP contribution in [0.4, 0.5) is 0 Å². The molecule has 2 heterocycles. The Bertz CT molecular complexity index is 887. The average Bonchev–Trinajstić information content (AvgIpc) is 3.26. The third-order valence-corrected chi connectivity index (χ3v) is 5.41. The second kappa shape index (κ2) is 12.9. The number of fused-ring (bicyclic) bond motifs is 1. The van der Waals surface area contributed by atoms with E-state index in [2.05, 4.69) is 52.8 Å². The quantitative estimate of drug-likeness (QED) is 0.298. The molecule has 0 bridgehead atoms. The van der Waals surface area contributed by atoms with Gasteiger partial charge in [0.2, 0.25) is 6.79 Å². The van der Waals surface area contributed by atoms with Crippen molar-refractivity contribution in [1.29, 1.82) is 0 Å². The summed E-state index contributed by atoms with van der Waals surface area (Å²) in [6, 6.07) is 14.8. The highest BCUT2D eigenvalue weighted by atomic mass is 127. The van der Waals surface area contributed by atoms with Crippen molar-refractivity contribution < 1.29 is 14.2 Å². The smallest absolute Gasteiger partial charge is 0.231 e. The molecule has 174 valence electrons. The Kier molecular flexibility index (Phi) is 9.89. The van der Waals surface area contributed by atoms with Crippen molar-refractivity contribution >= 4 is 29.9 Å². The van der Waals surface area contributed by atoms with Gasteiger partial charge < -0.3 is 24.8 Å². The van der Waals surface area contributed by atoms with Crippen LogP contribution in [0.1, 0.15) is 23.6 Å². The van der Waals surface area contributed by atoms with Crippen LogP contribution < -0.4 is 20.1 Å². The number of halogens is 1. The number of hydrogen-bond donors (Lipinski definition) is 2. The highest BCUT2D eigenvalue weighted by Crippen LogP contribution is 2.32. The molecule has 0 radical (unpaired) electrons. The minimum atomic E-state index is 0. The maximum Gasteiger partial charge on any atom is 0.231 e. The molecule has 0 unspecified atom stereocenters. The summed E-state index contributed by atoms with van der Waals surface area (Å²) in [6.45, 7) is 9.28. The van der Waals surface area contributed by atoms with Crippen LogP contribution in [0, 0.1) is 0 Å². The van der Waals surface area contributed by atoms with Gasteiger partial charge in [0.1, 0.15) is 0 Å². The zero-order valence-corrected chi connectivity index (χ0v) is 21.0. The number of morpholine rings is 1. The van der Waals surface area contributed by atoms with Gasteiger partial charge in [0.15, 0.2) is 17.5 Å². The van der Waals surface area contributed by atoms with Crippen LogP contribution >= 0.6 is 24.0 Å².